The van der Waals surface area contributed by atoms with Crippen LogP contribution in [0.5, 0.6) is 17.2 Å². The zero-order valence-electron chi connectivity index (χ0n) is 17.8. The predicted molar refractivity (Wildman–Crippen MR) is 114 cm³/mol. The standard InChI is InChI=1S/C23H26ClF2NO4/c1-14(2)13-30-22-18(24)10-15(11-21(22)29-3)23(28)27-8-6-17(7-9-27)31-20-5-4-16(25)12-19(20)26/h4-5,10-12,14,17H,6-9,13H2,1-3H3. The Bertz CT molecular complexity index is 930. The zero-order chi connectivity index (χ0) is 22.5. The van der Waals surface area contributed by atoms with Crippen LogP contribution in [0.15, 0.2) is 30.3 Å². The predicted octanol–water partition coefficient (Wildman–Crippen LogP) is 5.35. The van der Waals surface area contributed by atoms with Crippen molar-refractivity contribution in [1.29, 1.82) is 0 Å². The van der Waals surface area contributed by atoms with Gasteiger partial charge in [0, 0.05) is 37.6 Å². The van der Waals surface area contributed by atoms with E-state index in [1.54, 1.807) is 17.0 Å². The van der Waals surface area contributed by atoms with E-state index in [0.717, 1.165) is 12.1 Å². The van der Waals surface area contributed by atoms with E-state index >= 15 is 0 Å². The van der Waals surface area contributed by atoms with Crippen molar-refractivity contribution in [1.82, 2.24) is 4.90 Å². The number of benzene rings is 2. The van der Waals surface area contributed by atoms with Gasteiger partial charge in [-0.25, -0.2) is 8.78 Å². The molecule has 0 N–H and O–H groups in total. The number of piperidine rings is 1. The highest BCUT2D eigenvalue weighted by Gasteiger charge is 2.27. The van der Waals surface area contributed by atoms with E-state index in [1.165, 1.54) is 13.2 Å². The molecule has 0 radical (unpaired) electrons. The number of methoxy groups -OCH3 is 1. The summed E-state index contributed by atoms with van der Waals surface area (Å²) in [4.78, 5) is 14.7. The zero-order valence-corrected chi connectivity index (χ0v) is 18.5. The Kier molecular flexibility index (Phi) is 7.59. The van der Waals surface area contributed by atoms with E-state index in [0.29, 0.717) is 60.5 Å². The fourth-order valence-corrected chi connectivity index (χ4v) is 3.61. The van der Waals surface area contributed by atoms with E-state index in [-0.39, 0.29) is 17.8 Å². The normalized spacial score (nSPS) is 14.6. The van der Waals surface area contributed by atoms with Crippen molar-refractivity contribution in [2.45, 2.75) is 32.8 Å². The summed E-state index contributed by atoms with van der Waals surface area (Å²) in [7, 11) is 1.50. The average Bonchev–Trinajstić information content (AvgIpc) is 2.74. The van der Waals surface area contributed by atoms with Gasteiger partial charge in [-0.05, 0) is 30.2 Å². The van der Waals surface area contributed by atoms with Crippen molar-refractivity contribution in [2.75, 3.05) is 26.8 Å². The number of hydrogen-bond donors (Lipinski definition) is 0. The number of hydrogen-bond acceptors (Lipinski definition) is 4. The highest BCUT2D eigenvalue weighted by molar-refractivity contribution is 6.32. The quantitative estimate of drug-likeness (QED) is 0.567. The number of ether oxygens (including phenoxy) is 3. The molecular formula is C23H26ClF2NO4. The molecular weight excluding hydrogens is 428 g/mol. The Morgan fingerprint density at radius 1 is 1.16 bits per heavy atom. The summed E-state index contributed by atoms with van der Waals surface area (Å²) in [5.41, 5.74) is 0.405. The van der Waals surface area contributed by atoms with Crippen LogP contribution in [0.3, 0.4) is 0 Å². The molecule has 8 heteroatoms. The van der Waals surface area contributed by atoms with Crippen LogP contribution in [0, 0.1) is 17.6 Å². The number of likely N-dealkylation sites (tertiary alicyclic amines) is 1. The summed E-state index contributed by atoms with van der Waals surface area (Å²) in [6.45, 7) is 5.41. The van der Waals surface area contributed by atoms with Crippen molar-refractivity contribution in [3.05, 3.63) is 52.6 Å². The molecule has 0 aliphatic carbocycles. The Morgan fingerprint density at radius 3 is 2.48 bits per heavy atom. The first-order chi connectivity index (χ1) is 14.8. The molecule has 1 amide bonds. The summed E-state index contributed by atoms with van der Waals surface area (Å²) in [6, 6.07) is 6.43. The summed E-state index contributed by atoms with van der Waals surface area (Å²) in [6.07, 6.45) is 0.806. The smallest absolute Gasteiger partial charge is 0.254 e. The van der Waals surface area contributed by atoms with Gasteiger partial charge < -0.3 is 19.1 Å². The summed E-state index contributed by atoms with van der Waals surface area (Å²) in [5, 5.41) is 0.313. The molecule has 31 heavy (non-hydrogen) atoms. The second-order valence-electron chi connectivity index (χ2n) is 7.88. The second kappa shape index (κ2) is 10.2. The molecule has 0 atom stereocenters. The Labute approximate surface area is 185 Å². The first-order valence-corrected chi connectivity index (χ1v) is 10.6. The lowest BCUT2D eigenvalue weighted by Crippen LogP contribution is -2.41. The van der Waals surface area contributed by atoms with Gasteiger partial charge in [0.15, 0.2) is 23.1 Å². The van der Waals surface area contributed by atoms with E-state index in [9.17, 15) is 13.6 Å². The lowest BCUT2D eigenvalue weighted by atomic mass is 10.1. The topological polar surface area (TPSA) is 48.0 Å². The molecule has 1 aliphatic heterocycles. The molecule has 1 aliphatic rings. The average molecular weight is 454 g/mol. The molecule has 0 spiro atoms. The minimum atomic E-state index is -0.736. The van der Waals surface area contributed by atoms with Gasteiger partial charge >= 0.3 is 0 Å². The first kappa shape index (κ1) is 23.1. The molecule has 5 nitrogen and oxygen atoms in total. The van der Waals surface area contributed by atoms with Crippen LogP contribution in [0.1, 0.15) is 37.0 Å². The van der Waals surface area contributed by atoms with Gasteiger partial charge in [0.2, 0.25) is 0 Å². The molecule has 2 aromatic carbocycles. The molecule has 2 aromatic rings. The van der Waals surface area contributed by atoms with Gasteiger partial charge in [-0.3, -0.25) is 4.79 Å². The molecule has 1 heterocycles. The Morgan fingerprint density at radius 2 is 1.87 bits per heavy atom. The van der Waals surface area contributed by atoms with Gasteiger partial charge in [0.25, 0.3) is 5.91 Å². The van der Waals surface area contributed by atoms with Crippen molar-refractivity contribution in [2.24, 2.45) is 5.92 Å². The summed E-state index contributed by atoms with van der Waals surface area (Å²) in [5.74, 6) is -0.417. The number of amides is 1. The molecule has 3 rings (SSSR count). The monoisotopic (exact) mass is 453 g/mol. The molecule has 0 bridgehead atoms. The van der Waals surface area contributed by atoms with Gasteiger partial charge in [0.05, 0.1) is 18.7 Å². The van der Waals surface area contributed by atoms with E-state index in [4.69, 9.17) is 25.8 Å². The highest BCUT2D eigenvalue weighted by Crippen LogP contribution is 2.37. The third kappa shape index (κ3) is 5.79. The van der Waals surface area contributed by atoms with Crippen LogP contribution in [0.4, 0.5) is 8.78 Å². The number of halogens is 3. The third-order valence-electron chi connectivity index (χ3n) is 4.95. The fourth-order valence-electron chi connectivity index (χ4n) is 3.34. The molecule has 1 saturated heterocycles. The number of carbonyl (C=O) groups is 1. The van der Waals surface area contributed by atoms with Crippen LogP contribution in [0.2, 0.25) is 5.02 Å². The minimum Gasteiger partial charge on any atom is -0.493 e. The highest BCUT2D eigenvalue weighted by atomic mass is 35.5. The van der Waals surface area contributed by atoms with Crippen LogP contribution >= 0.6 is 11.6 Å². The molecule has 0 unspecified atom stereocenters. The van der Waals surface area contributed by atoms with Crippen LogP contribution < -0.4 is 14.2 Å². The maximum absolute atomic E-state index is 13.8. The van der Waals surface area contributed by atoms with Crippen molar-refractivity contribution in [3.8, 4) is 17.2 Å². The van der Waals surface area contributed by atoms with Crippen LogP contribution in [-0.2, 0) is 0 Å². The maximum atomic E-state index is 13.8. The second-order valence-corrected chi connectivity index (χ2v) is 8.29. The van der Waals surface area contributed by atoms with Crippen LogP contribution in [-0.4, -0.2) is 43.7 Å². The maximum Gasteiger partial charge on any atom is 0.254 e. The van der Waals surface area contributed by atoms with Gasteiger partial charge in [-0.2, -0.15) is 0 Å². The number of rotatable bonds is 7. The van der Waals surface area contributed by atoms with Crippen molar-refractivity contribution >= 4 is 17.5 Å². The molecule has 168 valence electrons. The number of nitrogens with zero attached hydrogens (tertiary/aromatic N) is 1. The van der Waals surface area contributed by atoms with Crippen molar-refractivity contribution in [3.63, 3.8) is 0 Å². The summed E-state index contributed by atoms with van der Waals surface area (Å²) >= 11 is 6.36. The van der Waals surface area contributed by atoms with E-state index < -0.39 is 11.6 Å². The summed E-state index contributed by atoms with van der Waals surface area (Å²) < 4.78 is 43.6. The fraction of sp³-hybridized carbons (Fsp3) is 0.435. The lowest BCUT2D eigenvalue weighted by Gasteiger charge is -2.32. The van der Waals surface area contributed by atoms with Crippen LogP contribution in [0.25, 0.3) is 0 Å². The largest absolute Gasteiger partial charge is 0.493 e. The van der Waals surface area contributed by atoms with Crippen molar-refractivity contribution < 1.29 is 27.8 Å². The van der Waals surface area contributed by atoms with Gasteiger partial charge in [-0.1, -0.05) is 25.4 Å². The SMILES string of the molecule is COc1cc(C(=O)N2CCC(Oc3ccc(F)cc3F)CC2)cc(Cl)c1OCC(C)C. The van der Waals surface area contributed by atoms with E-state index in [2.05, 4.69) is 0 Å². The lowest BCUT2D eigenvalue weighted by molar-refractivity contribution is 0.0587. The Balaban J connectivity index is 1.64. The minimum absolute atomic E-state index is 0.0136. The third-order valence-corrected chi connectivity index (χ3v) is 5.23. The molecule has 1 fully saturated rings. The van der Waals surface area contributed by atoms with Gasteiger partial charge in [0.1, 0.15) is 11.9 Å². The first-order valence-electron chi connectivity index (χ1n) is 10.2. The molecule has 0 aromatic heterocycles. The molecule has 0 saturated carbocycles. The van der Waals surface area contributed by atoms with E-state index in [1.807, 2.05) is 13.8 Å². The van der Waals surface area contributed by atoms with Gasteiger partial charge in [-0.15, -0.1) is 0 Å². The Hall–Kier alpha value is -2.54. The number of carbonyl (C=O) groups excluding carboxylic acids is 1.